The molecular weight excluding hydrogens is 336 g/mol. The van der Waals surface area contributed by atoms with Crippen LogP contribution in [0.1, 0.15) is 24.9 Å². The highest BCUT2D eigenvalue weighted by atomic mass is 79.9. The number of halogens is 1. The summed E-state index contributed by atoms with van der Waals surface area (Å²) >= 11 is 3.47. The van der Waals surface area contributed by atoms with Crippen LogP contribution in [-0.4, -0.2) is 30.3 Å². The van der Waals surface area contributed by atoms with Gasteiger partial charge < -0.3 is 14.8 Å². The number of fused-ring (bicyclic) bond motifs is 4. The van der Waals surface area contributed by atoms with E-state index >= 15 is 0 Å². The molecule has 3 rings (SSSR count). The van der Waals surface area contributed by atoms with Gasteiger partial charge in [0.2, 0.25) is 0 Å². The Kier molecular flexibility index (Phi) is 3.36. The minimum Gasteiger partial charge on any atom is -0.493 e. The molecule has 0 spiro atoms. The standard InChI is InChI=1S/C15H17BrN2O3/c1-4-5-18-14(19)17-11-8-15(18,2)21-13-10(11)6-9(16)7-12(13)20-3/h4,6-7,11H,1,5,8H2,2-3H3,(H,17,19). The first-order chi connectivity index (χ1) is 9.98. The van der Waals surface area contributed by atoms with Crippen LogP contribution in [0.3, 0.4) is 0 Å². The van der Waals surface area contributed by atoms with Crippen molar-refractivity contribution in [1.82, 2.24) is 10.2 Å². The van der Waals surface area contributed by atoms with E-state index in [1.54, 1.807) is 18.1 Å². The summed E-state index contributed by atoms with van der Waals surface area (Å²) in [5, 5.41) is 3.03. The van der Waals surface area contributed by atoms with Crippen LogP contribution in [0.15, 0.2) is 29.3 Å². The molecule has 1 aromatic rings. The van der Waals surface area contributed by atoms with Gasteiger partial charge in [0, 0.05) is 23.0 Å². The van der Waals surface area contributed by atoms with Crippen LogP contribution < -0.4 is 14.8 Å². The van der Waals surface area contributed by atoms with Gasteiger partial charge in [0.1, 0.15) is 0 Å². The first-order valence-electron chi connectivity index (χ1n) is 6.74. The largest absolute Gasteiger partial charge is 0.493 e. The second-order valence-electron chi connectivity index (χ2n) is 5.41. The summed E-state index contributed by atoms with van der Waals surface area (Å²) < 4.78 is 12.5. The van der Waals surface area contributed by atoms with Gasteiger partial charge in [-0.2, -0.15) is 0 Å². The molecule has 2 aliphatic heterocycles. The summed E-state index contributed by atoms with van der Waals surface area (Å²) in [5.74, 6) is 1.35. The average molecular weight is 353 g/mol. The van der Waals surface area contributed by atoms with Crippen molar-refractivity contribution in [2.24, 2.45) is 0 Å². The summed E-state index contributed by atoms with van der Waals surface area (Å²) in [5.41, 5.74) is 0.236. The Hall–Kier alpha value is -1.69. The molecular formula is C15H17BrN2O3. The van der Waals surface area contributed by atoms with Gasteiger partial charge >= 0.3 is 6.03 Å². The van der Waals surface area contributed by atoms with E-state index in [0.29, 0.717) is 24.5 Å². The predicted octanol–water partition coefficient (Wildman–Crippen LogP) is 3.21. The summed E-state index contributed by atoms with van der Waals surface area (Å²) in [6.07, 6.45) is 2.38. The van der Waals surface area contributed by atoms with Gasteiger partial charge in [0.15, 0.2) is 17.2 Å². The molecule has 1 N–H and O–H groups in total. The minimum absolute atomic E-state index is 0.0845. The monoisotopic (exact) mass is 352 g/mol. The van der Waals surface area contributed by atoms with Crippen molar-refractivity contribution in [3.8, 4) is 11.5 Å². The third kappa shape index (κ3) is 2.18. The number of urea groups is 1. The predicted molar refractivity (Wildman–Crippen MR) is 82.5 cm³/mol. The molecule has 2 heterocycles. The van der Waals surface area contributed by atoms with Crippen LogP contribution in [-0.2, 0) is 0 Å². The number of ether oxygens (including phenoxy) is 2. The van der Waals surface area contributed by atoms with Crippen molar-refractivity contribution in [2.75, 3.05) is 13.7 Å². The van der Waals surface area contributed by atoms with Gasteiger partial charge in [-0.3, -0.25) is 4.90 Å². The van der Waals surface area contributed by atoms with Crippen LogP contribution in [0.25, 0.3) is 0 Å². The van der Waals surface area contributed by atoms with Crippen molar-refractivity contribution in [3.63, 3.8) is 0 Å². The number of rotatable bonds is 3. The lowest BCUT2D eigenvalue weighted by Crippen LogP contribution is -2.64. The molecule has 5 nitrogen and oxygen atoms in total. The van der Waals surface area contributed by atoms with Crippen LogP contribution in [0, 0.1) is 0 Å². The first kappa shape index (κ1) is 14.3. The highest BCUT2D eigenvalue weighted by Gasteiger charge is 2.49. The van der Waals surface area contributed by atoms with Crippen LogP contribution in [0.2, 0.25) is 0 Å². The summed E-state index contributed by atoms with van der Waals surface area (Å²) in [7, 11) is 1.61. The maximum absolute atomic E-state index is 12.3. The molecule has 6 heteroatoms. The van der Waals surface area contributed by atoms with E-state index in [0.717, 1.165) is 10.0 Å². The van der Waals surface area contributed by atoms with Crippen molar-refractivity contribution in [3.05, 3.63) is 34.8 Å². The fourth-order valence-electron chi connectivity index (χ4n) is 3.00. The van der Waals surface area contributed by atoms with Gasteiger partial charge in [0.05, 0.1) is 13.2 Å². The topological polar surface area (TPSA) is 50.8 Å². The molecule has 2 unspecified atom stereocenters. The molecule has 0 aromatic heterocycles. The summed E-state index contributed by atoms with van der Waals surface area (Å²) in [6, 6.07) is 3.60. The summed E-state index contributed by atoms with van der Waals surface area (Å²) in [4.78, 5) is 13.9. The lowest BCUT2D eigenvalue weighted by Gasteiger charge is -2.50. The maximum Gasteiger partial charge on any atom is 0.321 e. The minimum atomic E-state index is -0.699. The van der Waals surface area contributed by atoms with Crippen molar-refractivity contribution in [1.29, 1.82) is 0 Å². The zero-order chi connectivity index (χ0) is 15.2. The Bertz CT molecular complexity index is 619. The van der Waals surface area contributed by atoms with Gasteiger partial charge in [-0.25, -0.2) is 4.79 Å². The second kappa shape index (κ2) is 4.94. The highest BCUT2D eigenvalue weighted by Crippen LogP contribution is 2.49. The number of benzene rings is 1. The molecule has 112 valence electrons. The number of amides is 2. The number of carbonyl (C=O) groups excluding carboxylic acids is 1. The third-order valence-electron chi connectivity index (χ3n) is 3.97. The molecule has 21 heavy (non-hydrogen) atoms. The zero-order valence-corrected chi connectivity index (χ0v) is 13.6. The molecule has 2 amide bonds. The molecule has 2 bridgehead atoms. The Morgan fingerprint density at radius 3 is 3.10 bits per heavy atom. The van der Waals surface area contributed by atoms with Gasteiger partial charge in [-0.15, -0.1) is 6.58 Å². The van der Waals surface area contributed by atoms with Crippen LogP contribution >= 0.6 is 15.9 Å². The molecule has 0 saturated carbocycles. The smallest absolute Gasteiger partial charge is 0.321 e. The SMILES string of the molecule is C=CCN1C(=O)NC2CC1(C)Oc1c(OC)cc(Br)cc12. The number of carbonyl (C=O) groups is 1. The van der Waals surface area contributed by atoms with Crippen molar-refractivity contribution < 1.29 is 14.3 Å². The number of nitrogens with one attached hydrogen (secondary N) is 1. The molecule has 1 fully saturated rings. The number of hydrogen-bond donors (Lipinski definition) is 1. The lowest BCUT2D eigenvalue weighted by molar-refractivity contribution is -0.0801. The second-order valence-corrected chi connectivity index (χ2v) is 6.32. The van der Waals surface area contributed by atoms with Crippen LogP contribution in [0.4, 0.5) is 4.79 Å². The van der Waals surface area contributed by atoms with Crippen molar-refractivity contribution >= 4 is 22.0 Å². The van der Waals surface area contributed by atoms with Crippen molar-refractivity contribution in [2.45, 2.75) is 25.1 Å². The fraction of sp³-hybridized carbons (Fsp3) is 0.400. The quantitative estimate of drug-likeness (QED) is 0.849. The normalized spacial score (nSPS) is 26.5. The van der Waals surface area contributed by atoms with Gasteiger partial charge in [0.25, 0.3) is 0 Å². The Morgan fingerprint density at radius 1 is 1.67 bits per heavy atom. The number of nitrogens with zero attached hydrogens (tertiary/aromatic N) is 1. The van der Waals surface area contributed by atoms with E-state index in [4.69, 9.17) is 9.47 Å². The molecule has 0 radical (unpaired) electrons. The first-order valence-corrected chi connectivity index (χ1v) is 7.53. The van der Waals surface area contributed by atoms with E-state index in [1.807, 2.05) is 19.1 Å². The van der Waals surface area contributed by atoms with Gasteiger partial charge in [-0.05, 0) is 19.1 Å². The fourth-order valence-corrected chi connectivity index (χ4v) is 3.45. The summed E-state index contributed by atoms with van der Waals surface area (Å²) in [6.45, 7) is 6.06. The molecule has 2 atom stereocenters. The molecule has 1 saturated heterocycles. The highest BCUT2D eigenvalue weighted by molar-refractivity contribution is 9.10. The Labute approximate surface area is 132 Å². The molecule has 1 aromatic carbocycles. The third-order valence-corrected chi connectivity index (χ3v) is 4.43. The zero-order valence-electron chi connectivity index (χ0n) is 12.0. The lowest BCUT2D eigenvalue weighted by atomic mass is 9.90. The van der Waals surface area contributed by atoms with E-state index in [2.05, 4.69) is 27.8 Å². The maximum atomic E-state index is 12.3. The number of hydrogen-bond acceptors (Lipinski definition) is 3. The van der Waals surface area contributed by atoms with E-state index in [1.165, 1.54) is 0 Å². The van der Waals surface area contributed by atoms with Gasteiger partial charge in [-0.1, -0.05) is 22.0 Å². The average Bonchev–Trinajstić information content (AvgIpc) is 2.43. The molecule has 0 aliphatic carbocycles. The van der Waals surface area contributed by atoms with E-state index in [-0.39, 0.29) is 12.1 Å². The van der Waals surface area contributed by atoms with Crippen LogP contribution in [0.5, 0.6) is 11.5 Å². The number of methoxy groups -OCH3 is 1. The Balaban J connectivity index is 2.11. The molecule has 2 aliphatic rings. The Morgan fingerprint density at radius 2 is 2.43 bits per heavy atom. The van der Waals surface area contributed by atoms with E-state index in [9.17, 15) is 4.79 Å². The van der Waals surface area contributed by atoms with E-state index < -0.39 is 5.72 Å².